The number of aryl methyl sites for hydroxylation is 1. The third-order valence-corrected chi connectivity index (χ3v) is 5.12. The number of aromatic nitrogens is 2. The van der Waals surface area contributed by atoms with E-state index < -0.39 is 11.4 Å². The minimum atomic E-state index is -0.450. The number of rotatable bonds is 4. The maximum absolute atomic E-state index is 12.9. The fourth-order valence-corrected chi connectivity index (χ4v) is 4.33. The van der Waals surface area contributed by atoms with Crippen LogP contribution in [-0.2, 0) is 21.4 Å². The van der Waals surface area contributed by atoms with Crippen LogP contribution in [-0.4, -0.2) is 50.3 Å². The highest BCUT2D eigenvalue weighted by atomic mass is 16.5. The van der Waals surface area contributed by atoms with Gasteiger partial charge in [0, 0.05) is 37.8 Å². The molecule has 0 radical (unpaired) electrons. The lowest BCUT2D eigenvalue weighted by atomic mass is 9.82. The van der Waals surface area contributed by atoms with Gasteiger partial charge in [-0.05, 0) is 32.8 Å². The van der Waals surface area contributed by atoms with Crippen molar-refractivity contribution in [2.75, 3.05) is 6.54 Å². The smallest absolute Gasteiger partial charge is 0.247 e. The quantitative estimate of drug-likeness (QED) is 0.831. The van der Waals surface area contributed by atoms with E-state index in [1.165, 1.54) is 0 Å². The number of primary amides is 1. The Balaban J connectivity index is 1.83. The Bertz CT molecular complexity index is 709. The number of hydrogen-bond acceptors (Lipinski definition) is 4. The molecule has 0 bridgehead atoms. The molecule has 3 heterocycles. The average Bonchev–Trinajstić information content (AvgIpc) is 3.15. The van der Waals surface area contributed by atoms with Crippen molar-refractivity contribution in [1.29, 1.82) is 0 Å². The molecule has 1 aromatic rings. The molecule has 7 heteroatoms. The zero-order valence-corrected chi connectivity index (χ0v) is 15.1. The summed E-state index contributed by atoms with van der Waals surface area (Å²) in [6, 6.07) is 0. The molecule has 3 rings (SSSR count). The fraction of sp³-hybridized carbons (Fsp3) is 0.611. The summed E-state index contributed by atoms with van der Waals surface area (Å²) in [5.41, 5.74) is 5.47. The number of carbonyl (C=O) groups excluding carboxylic acids is 2. The van der Waals surface area contributed by atoms with E-state index in [1.54, 1.807) is 23.0 Å². The molecule has 2 aliphatic rings. The van der Waals surface area contributed by atoms with Crippen molar-refractivity contribution in [3.05, 3.63) is 24.0 Å². The SMILES string of the molecule is Cn1cc(C=CC(=O)N2CCC[C@]23CC(C)(C)O[C@H]3CC(N)=O)cn1. The van der Waals surface area contributed by atoms with Gasteiger partial charge in [-0.25, -0.2) is 0 Å². The van der Waals surface area contributed by atoms with Crippen molar-refractivity contribution in [3.8, 4) is 0 Å². The molecule has 0 saturated carbocycles. The summed E-state index contributed by atoms with van der Waals surface area (Å²) in [7, 11) is 1.83. The van der Waals surface area contributed by atoms with Crippen molar-refractivity contribution in [1.82, 2.24) is 14.7 Å². The Kier molecular flexibility index (Phi) is 4.45. The number of carbonyl (C=O) groups is 2. The number of nitrogens with zero attached hydrogens (tertiary/aromatic N) is 3. The third-order valence-electron chi connectivity index (χ3n) is 5.12. The normalized spacial score (nSPS) is 28.3. The van der Waals surface area contributed by atoms with E-state index in [0.29, 0.717) is 13.0 Å². The maximum atomic E-state index is 12.9. The summed E-state index contributed by atoms with van der Waals surface area (Å²) in [6.45, 7) is 4.68. The van der Waals surface area contributed by atoms with Gasteiger partial charge in [-0.15, -0.1) is 0 Å². The van der Waals surface area contributed by atoms with Crippen LogP contribution in [0.2, 0.25) is 0 Å². The minimum Gasteiger partial charge on any atom is -0.370 e. The van der Waals surface area contributed by atoms with Crippen LogP contribution in [0, 0.1) is 0 Å². The Labute approximate surface area is 147 Å². The van der Waals surface area contributed by atoms with Gasteiger partial charge in [-0.1, -0.05) is 0 Å². The summed E-state index contributed by atoms with van der Waals surface area (Å²) < 4.78 is 7.80. The van der Waals surface area contributed by atoms with Crippen molar-refractivity contribution in [2.45, 2.75) is 56.8 Å². The predicted octanol–water partition coefficient (Wildman–Crippen LogP) is 1.24. The van der Waals surface area contributed by atoms with Gasteiger partial charge in [0.1, 0.15) is 0 Å². The molecule has 0 aromatic carbocycles. The van der Waals surface area contributed by atoms with Crippen LogP contribution in [0.1, 0.15) is 45.1 Å². The van der Waals surface area contributed by atoms with Crippen molar-refractivity contribution >= 4 is 17.9 Å². The zero-order chi connectivity index (χ0) is 18.2. The van der Waals surface area contributed by atoms with Crippen LogP contribution >= 0.6 is 0 Å². The summed E-state index contributed by atoms with van der Waals surface area (Å²) in [5, 5.41) is 4.10. The minimum absolute atomic E-state index is 0.0582. The van der Waals surface area contributed by atoms with E-state index in [0.717, 1.165) is 18.4 Å². The second-order valence-corrected chi connectivity index (χ2v) is 7.69. The summed E-state index contributed by atoms with van der Waals surface area (Å²) in [5.74, 6) is -0.454. The van der Waals surface area contributed by atoms with Crippen LogP contribution in [0.15, 0.2) is 18.5 Å². The molecule has 2 fully saturated rings. The highest BCUT2D eigenvalue weighted by Gasteiger charge is 2.58. The summed E-state index contributed by atoms with van der Waals surface area (Å²) >= 11 is 0. The van der Waals surface area contributed by atoms with E-state index in [-0.39, 0.29) is 24.0 Å². The largest absolute Gasteiger partial charge is 0.370 e. The van der Waals surface area contributed by atoms with E-state index in [2.05, 4.69) is 5.10 Å². The van der Waals surface area contributed by atoms with Gasteiger partial charge in [0.05, 0.1) is 29.9 Å². The third kappa shape index (κ3) is 3.46. The highest BCUT2D eigenvalue weighted by molar-refractivity contribution is 5.92. The molecule has 2 N–H and O–H groups in total. The van der Waals surface area contributed by atoms with E-state index >= 15 is 0 Å². The molecule has 0 aliphatic carbocycles. The Morgan fingerprint density at radius 3 is 2.88 bits per heavy atom. The molecular formula is C18H26N4O3. The maximum Gasteiger partial charge on any atom is 0.247 e. The van der Waals surface area contributed by atoms with Gasteiger partial charge in [0.15, 0.2) is 0 Å². The Morgan fingerprint density at radius 2 is 2.24 bits per heavy atom. The van der Waals surface area contributed by atoms with Gasteiger partial charge in [-0.3, -0.25) is 14.3 Å². The van der Waals surface area contributed by atoms with Crippen molar-refractivity contribution < 1.29 is 14.3 Å². The first-order valence-corrected chi connectivity index (χ1v) is 8.66. The second-order valence-electron chi connectivity index (χ2n) is 7.69. The number of likely N-dealkylation sites (tertiary alicyclic amines) is 1. The Hall–Kier alpha value is -2.15. The van der Waals surface area contributed by atoms with Crippen LogP contribution in [0.3, 0.4) is 0 Å². The van der Waals surface area contributed by atoms with Gasteiger partial charge in [0.2, 0.25) is 11.8 Å². The number of nitrogens with two attached hydrogens (primary N) is 1. The van der Waals surface area contributed by atoms with Crippen LogP contribution in [0.5, 0.6) is 0 Å². The number of hydrogen-bond donors (Lipinski definition) is 1. The lowest BCUT2D eigenvalue weighted by molar-refractivity contribution is -0.135. The first-order chi connectivity index (χ1) is 11.7. The molecule has 1 aromatic heterocycles. The predicted molar refractivity (Wildman–Crippen MR) is 93.3 cm³/mol. The van der Waals surface area contributed by atoms with Gasteiger partial charge in [-0.2, -0.15) is 5.10 Å². The molecule has 2 amide bonds. The second kappa shape index (κ2) is 6.29. The van der Waals surface area contributed by atoms with Gasteiger partial charge in [0.25, 0.3) is 0 Å². The van der Waals surface area contributed by atoms with Crippen LogP contribution in [0.25, 0.3) is 6.08 Å². The van der Waals surface area contributed by atoms with E-state index in [9.17, 15) is 9.59 Å². The lowest BCUT2D eigenvalue weighted by Crippen LogP contribution is -2.53. The molecule has 2 aliphatic heterocycles. The lowest BCUT2D eigenvalue weighted by Gasteiger charge is -2.38. The first-order valence-electron chi connectivity index (χ1n) is 8.66. The zero-order valence-electron chi connectivity index (χ0n) is 15.1. The fourth-order valence-electron chi connectivity index (χ4n) is 4.33. The van der Waals surface area contributed by atoms with E-state index in [1.807, 2.05) is 32.0 Å². The molecule has 2 atom stereocenters. The molecule has 0 unspecified atom stereocenters. The van der Waals surface area contributed by atoms with Gasteiger partial charge >= 0.3 is 0 Å². The standard InChI is InChI=1S/C18H26N4O3/c1-17(2)12-18(14(25-17)9-15(19)23)7-4-8-22(18)16(24)6-5-13-10-20-21(3)11-13/h5-6,10-11,14H,4,7-9,12H2,1-3H3,(H2,19,23)/t14-,18+/m0/s1. The van der Waals surface area contributed by atoms with Crippen molar-refractivity contribution in [2.24, 2.45) is 12.8 Å². The van der Waals surface area contributed by atoms with Gasteiger partial charge < -0.3 is 15.4 Å². The molecular weight excluding hydrogens is 320 g/mol. The molecule has 1 spiro atoms. The summed E-state index contributed by atoms with van der Waals surface area (Å²) in [4.78, 5) is 26.3. The summed E-state index contributed by atoms with van der Waals surface area (Å²) in [6.07, 6.45) is 9.15. The molecule has 136 valence electrons. The van der Waals surface area contributed by atoms with E-state index in [4.69, 9.17) is 10.5 Å². The monoisotopic (exact) mass is 346 g/mol. The van der Waals surface area contributed by atoms with Crippen LogP contribution < -0.4 is 5.73 Å². The molecule has 25 heavy (non-hydrogen) atoms. The van der Waals surface area contributed by atoms with Crippen molar-refractivity contribution in [3.63, 3.8) is 0 Å². The molecule has 7 nitrogen and oxygen atoms in total. The molecule has 2 saturated heterocycles. The van der Waals surface area contributed by atoms with Crippen LogP contribution in [0.4, 0.5) is 0 Å². The highest BCUT2D eigenvalue weighted by Crippen LogP contribution is 2.48. The topological polar surface area (TPSA) is 90.5 Å². The first kappa shape index (κ1) is 17.7. The number of ether oxygens (including phenoxy) is 1. The Morgan fingerprint density at radius 1 is 1.48 bits per heavy atom. The number of amides is 2. The average molecular weight is 346 g/mol.